The fourth-order valence-corrected chi connectivity index (χ4v) is 2.53. The van der Waals surface area contributed by atoms with Crippen molar-refractivity contribution in [1.29, 1.82) is 0 Å². The van der Waals surface area contributed by atoms with Crippen LogP contribution >= 0.6 is 11.5 Å². The zero-order valence-electron chi connectivity index (χ0n) is 11.7. The third-order valence-electron chi connectivity index (χ3n) is 2.96. The summed E-state index contributed by atoms with van der Waals surface area (Å²) in [5.41, 5.74) is -0.0566. The minimum Gasteiger partial charge on any atom is -0.351 e. The third-order valence-corrected chi connectivity index (χ3v) is 3.63. The standard InChI is InChI=1S/C12H21N5OS/c1-12(2,3)10-15-11(19-16-10)14-8-9(18)17-6-4-13-5-7-17/h13H,4-8H2,1-3H3,(H,14,15,16). The number of hydrogen-bond acceptors (Lipinski definition) is 6. The van der Waals surface area contributed by atoms with E-state index in [1.165, 1.54) is 11.5 Å². The molecule has 0 aromatic carbocycles. The van der Waals surface area contributed by atoms with Crippen molar-refractivity contribution >= 4 is 22.6 Å². The van der Waals surface area contributed by atoms with Crippen molar-refractivity contribution in [3.8, 4) is 0 Å². The van der Waals surface area contributed by atoms with Gasteiger partial charge in [-0.2, -0.15) is 4.37 Å². The number of nitrogens with one attached hydrogen (secondary N) is 2. The molecule has 0 atom stereocenters. The average Bonchev–Trinajstić information content (AvgIpc) is 2.86. The molecular weight excluding hydrogens is 262 g/mol. The van der Waals surface area contributed by atoms with Gasteiger partial charge in [0.1, 0.15) is 5.82 Å². The van der Waals surface area contributed by atoms with Gasteiger partial charge < -0.3 is 15.5 Å². The fraction of sp³-hybridized carbons (Fsp3) is 0.750. The van der Waals surface area contributed by atoms with E-state index >= 15 is 0 Å². The highest BCUT2D eigenvalue weighted by molar-refractivity contribution is 7.09. The van der Waals surface area contributed by atoms with Crippen molar-refractivity contribution < 1.29 is 4.79 Å². The number of amides is 1. The Morgan fingerprint density at radius 1 is 1.42 bits per heavy atom. The molecule has 2 rings (SSSR count). The number of hydrogen-bond donors (Lipinski definition) is 2. The first kappa shape index (κ1) is 14.2. The lowest BCUT2D eigenvalue weighted by atomic mass is 9.96. The van der Waals surface area contributed by atoms with Crippen molar-refractivity contribution in [2.24, 2.45) is 0 Å². The first-order chi connectivity index (χ1) is 8.97. The molecule has 0 unspecified atom stereocenters. The number of carbonyl (C=O) groups is 1. The van der Waals surface area contributed by atoms with E-state index in [-0.39, 0.29) is 11.3 Å². The number of nitrogens with zero attached hydrogens (tertiary/aromatic N) is 3. The number of anilines is 1. The summed E-state index contributed by atoms with van der Waals surface area (Å²) in [5, 5.41) is 7.01. The summed E-state index contributed by atoms with van der Waals surface area (Å²) in [6.45, 7) is 9.82. The van der Waals surface area contributed by atoms with Gasteiger partial charge in [-0.25, -0.2) is 4.98 Å². The molecule has 7 heteroatoms. The number of aromatic nitrogens is 2. The zero-order valence-corrected chi connectivity index (χ0v) is 12.5. The predicted molar refractivity (Wildman–Crippen MR) is 76.5 cm³/mol. The highest BCUT2D eigenvalue weighted by Crippen LogP contribution is 2.22. The molecule has 106 valence electrons. The quantitative estimate of drug-likeness (QED) is 0.853. The third kappa shape index (κ3) is 3.87. The monoisotopic (exact) mass is 283 g/mol. The molecule has 6 nitrogen and oxygen atoms in total. The Morgan fingerprint density at radius 3 is 2.68 bits per heavy atom. The molecule has 2 N–H and O–H groups in total. The topological polar surface area (TPSA) is 70.2 Å². The van der Waals surface area contributed by atoms with Gasteiger partial charge in [-0.15, -0.1) is 0 Å². The lowest BCUT2D eigenvalue weighted by Crippen LogP contribution is -2.48. The smallest absolute Gasteiger partial charge is 0.242 e. The summed E-state index contributed by atoms with van der Waals surface area (Å²) in [5.74, 6) is 0.934. The van der Waals surface area contributed by atoms with Crippen LogP contribution in [0.4, 0.5) is 5.13 Å². The summed E-state index contributed by atoms with van der Waals surface area (Å²) in [6.07, 6.45) is 0. The lowest BCUT2D eigenvalue weighted by molar-refractivity contribution is -0.129. The van der Waals surface area contributed by atoms with E-state index in [1.807, 2.05) is 4.90 Å². The minimum absolute atomic E-state index is 0.0566. The summed E-state index contributed by atoms with van der Waals surface area (Å²) in [6, 6.07) is 0. The molecule has 2 heterocycles. The Bertz CT molecular complexity index is 434. The maximum absolute atomic E-state index is 12.0. The van der Waals surface area contributed by atoms with E-state index in [9.17, 15) is 4.79 Å². The van der Waals surface area contributed by atoms with E-state index in [4.69, 9.17) is 0 Å². The molecule has 0 saturated carbocycles. The van der Waals surface area contributed by atoms with Gasteiger partial charge in [-0.3, -0.25) is 4.79 Å². The first-order valence-corrected chi connectivity index (χ1v) is 7.31. The van der Waals surface area contributed by atoms with Crippen molar-refractivity contribution in [2.75, 3.05) is 38.0 Å². The van der Waals surface area contributed by atoms with Gasteiger partial charge in [0.25, 0.3) is 0 Å². The molecule has 1 amide bonds. The second-order valence-electron chi connectivity index (χ2n) is 5.66. The van der Waals surface area contributed by atoms with Crippen LogP contribution in [-0.4, -0.2) is 52.9 Å². The van der Waals surface area contributed by atoms with Crippen LogP contribution in [0.1, 0.15) is 26.6 Å². The normalized spacial score (nSPS) is 16.5. The molecule has 19 heavy (non-hydrogen) atoms. The fourth-order valence-electron chi connectivity index (χ4n) is 1.78. The van der Waals surface area contributed by atoms with Crippen molar-refractivity contribution in [3.05, 3.63) is 5.82 Å². The molecule has 0 spiro atoms. The molecule has 1 fully saturated rings. The molecule has 0 aliphatic carbocycles. The molecule has 0 bridgehead atoms. The Balaban J connectivity index is 1.85. The van der Waals surface area contributed by atoms with Crippen LogP contribution in [0.25, 0.3) is 0 Å². The highest BCUT2D eigenvalue weighted by atomic mass is 32.1. The van der Waals surface area contributed by atoms with Crippen LogP contribution in [0.5, 0.6) is 0 Å². The lowest BCUT2D eigenvalue weighted by Gasteiger charge is -2.27. The average molecular weight is 283 g/mol. The Kier molecular flexibility index (Phi) is 4.36. The van der Waals surface area contributed by atoms with E-state index < -0.39 is 0 Å². The summed E-state index contributed by atoms with van der Waals surface area (Å²) < 4.78 is 4.31. The second-order valence-corrected chi connectivity index (χ2v) is 6.41. The molecule has 1 aromatic rings. The van der Waals surface area contributed by atoms with E-state index in [2.05, 4.69) is 40.8 Å². The van der Waals surface area contributed by atoms with E-state index in [0.717, 1.165) is 32.0 Å². The van der Waals surface area contributed by atoms with Crippen LogP contribution in [0.15, 0.2) is 0 Å². The van der Waals surface area contributed by atoms with Gasteiger partial charge in [-0.1, -0.05) is 20.8 Å². The highest BCUT2D eigenvalue weighted by Gasteiger charge is 2.20. The Hall–Kier alpha value is -1.21. The molecule has 1 aromatic heterocycles. The Labute approximate surface area is 117 Å². The number of carbonyl (C=O) groups excluding carboxylic acids is 1. The van der Waals surface area contributed by atoms with Gasteiger partial charge in [0, 0.05) is 43.1 Å². The number of rotatable bonds is 3. The minimum atomic E-state index is -0.0566. The van der Waals surface area contributed by atoms with Crippen LogP contribution < -0.4 is 10.6 Å². The maximum Gasteiger partial charge on any atom is 0.242 e. The maximum atomic E-state index is 12.0. The van der Waals surface area contributed by atoms with Crippen LogP contribution in [-0.2, 0) is 10.2 Å². The SMILES string of the molecule is CC(C)(C)c1nsc(NCC(=O)N2CCNCC2)n1. The molecule has 0 radical (unpaired) electrons. The first-order valence-electron chi connectivity index (χ1n) is 6.53. The summed E-state index contributed by atoms with van der Waals surface area (Å²) in [4.78, 5) is 18.2. The molecule has 1 saturated heterocycles. The van der Waals surface area contributed by atoms with Crippen LogP contribution in [0, 0.1) is 0 Å². The van der Waals surface area contributed by atoms with Gasteiger partial charge in [-0.05, 0) is 0 Å². The van der Waals surface area contributed by atoms with Crippen LogP contribution in [0.2, 0.25) is 0 Å². The Morgan fingerprint density at radius 2 is 2.11 bits per heavy atom. The summed E-state index contributed by atoms with van der Waals surface area (Å²) in [7, 11) is 0. The van der Waals surface area contributed by atoms with Crippen LogP contribution in [0.3, 0.4) is 0 Å². The van der Waals surface area contributed by atoms with E-state index in [0.29, 0.717) is 11.7 Å². The van der Waals surface area contributed by atoms with Gasteiger partial charge in [0.2, 0.25) is 11.0 Å². The predicted octanol–water partition coefficient (Wildman–Crippen LogP) is 0.679. The largest absolute Gasteiger partial charge is 0.351 e. The van der Waals surface area contributed by atoms with E-state index in [1.54, 1.807) is 0 Å². The van der Waals surface area contributed by atoms with Gasteiger partial charge >= 0.3 is 0 Å². The zero-order chi connectivity index (χ0) is 13.9. The second kappa shape index (κ2) is 5.83. The number of piperazine rings is 1. The molecule has 1 aliphatic rings. The van der Waals surface area contributed by atoms with Crippen molar-refractivity contribution in [2.45, 2.75) is 26.2 Å². The van der Waals surface area contributed by atoms with Gasteiger partial charge in [0.15, 0.2) is 0 Å². The summed E-state index contributed by atoms with van der Waals surface area (Å²) >= 11 is 1.31. The molecular formula is C12H21N5OS. The van der Waals surface area contributed by atoms with Crippen molar-refractivity contribution in [3.63, 3.8) is 0 Å². The molecule has 1 aliphatic heterocycles. The van der Waals surface area contributed by atoms with Gasteiger partial charge in [0.05, 0.1) is 6.54 Å². The van der Waals surface area contributed by atoms with Crippen molar-refractivity contribution in [1.82, 2.24) is 19.6 Å².